The van der Waals surface area contributed by atoms with Gasteiger partial charge >= 0.3 is 0 Å². The molecule has 0 atom stereocenters. The van der Waals surface area contributed by atoms with Crippen LogP contribution < -0.4 is 10.9 Å². The summed E-state index contributed by atoms with van der Waals surface area (Å²) < 4.78 is 1.54. The number of anilines is 1. The molecule has 9 heteroatoms. The third-order valence-corrected chi connectivity index (χ3v) is 7.08. The number of rotatable bonds is 5. The Morgan fingerprint density at radius 3 is 2.45 bits per heavy atom. The van der Waals surface area contributed by atoms with Crippen LogP contribution in [0.5, 0.6) is 0 Å². The number of fused-ring (bicyclic) bond motifs is 1. The van der Waals surface area contributed by atoms with Crippen LogP contribution in [0.15, 0.2) is 64.5 Å². The summed E-state index contributed by atoms with van der Waals surface area (Å²) in [6, 6.07) is 15.9. The maximum absolute atomic E-state index is 13.4. The highest BCUT2D eigenvalue weighted by Crippen LogP contribution is 2.32. The molecule has 0 aliphatic rings. The lowest BCUT2D eigenvalue weighted by atomic mass is 10.1. The van der Waals surface area contributed by atoms with Crippen LogP contribution in [-0.2, 0) is 4.79 Å². The van der Waals surface area contributed by atoms with Gasteiger partial charge in [0.05, 0.1) is 43.1 Å². The summed E-state index contributed by atoms with van der Waals surface area (Å²) >= 11 is 19.3. The van der Waals surface area contributed by atoms with Crippen LogP contribution in [0, 0.1) is 13.8 Å². The Morgan fingerprint density at radius 2 is 1.70 bits per heavy atom. The van der Waals surface area contributed by atoms with E-state index in [-0.39, 0.29) is 27.3 Å². The van der Waals surface area contributed by atoms with Gasteiger partial charge in [0, 0.05) is 0 Å². The molecule has 0 spiro atoms. The highest BCUT2D eigenvalue weighted by Gasteiger charge is 2.16. The molecule has 3 aromatic carbocycles. The van der Waals surface area contributed by atoms with Crippen molar-refractivity contribution in [3.8, 4) is 5.69 Å². The normalized spacial score (nSPS) is 11.1. The zero-order chi connectivity index (χ0) is 23.7. The lowest BCUT2D eigenvalue weighted by molar-refractivity contribution is -0.113. The lowest BCUT2D eigenvalue weighted by Gasteiger charge is -2.14. The quantitative estimate of drug-likeness (QED) is 0.181. The third kappa shape index (κ3) is 5.04. The predicted octanol–water partition coefficient (Wildman–Crippen LogP) is 6.69. The van der Waals surface area contributed by atoms with Gasteiger partial charge in [0.25, 0.3) is 5.56 Å². The SMILES string of the molecule is Cc1ccc(-n2c(SCC(=O)Nc3cc(Cl)c(Cl)cc3Cl)nc3ccccc3c2=O)cc1C. The van der Waals surface area contributed by atoms with Crippen molar-refractivity contribution in [2.45, 2.75) is 19.0 Å². The minimum atomic E-state index is -0.325. The number of hydrogen-bond acceptors (Lipinski definition) is 4. The molecule has 5 nitrogen and oxygen atoms in total. The number of benzene rings is 3. The molecule has 0 radical (unpaired) electrons. The zero-order valence-corrected chi connectivity index (χ0v) is 20.7. The fourth-order valence-corrected chi connectivity index (χ4v) is 4.64. The van der Waals surface area contributed by atoms with Crippen molar-refractivity contribution in [2.24, 2.45) is 0 Å². The van der Waals surface area contributed by atoms with Crippen molar-refractivity contribution in [3.05, 3.63) is 91.1 Å². The van der Waals surface area contributed by atoms with Crippen molar-refractivity contribution in [3.63, 3.8) is 0 Å². The van der Waals surface area contributed by atoms with Gasteiger partial charge < -0.3 is 5.32 Å². The van der Waals surface area contributed by atoms with Crippen molar-refractivity contribution in [1.82, 2.24) is 9.55 Å². The fraction of sp³-hybridized carbons (Fsp3) is 0.125. The third-order valence-electron chi connectivity index (χ3n) is 5.11. The van der Waals surface area contributed by atoms with Gasteiger partial charge in [0.1, 0.15) is 0 Å². The Labute approximate surface area is 209 Å². The summed E-state index contributed by atoms with van der Waals surface area (Å²) in [4.78, 5) is 30.7. The fourth-order valence-electron chi connectivity index (χ4n) is 3.24. The van der Waals surface area contributed by atoms with Gasteiger partial charge in [-0.05, 0) is 61.4 Å². The van der Waals surface area contributed by atoms with Crippen LogP contribution in [0.25, 0.3) is 16.6 Å². The van der Waals surface area contributed by atoms with Gasteiger partial charge in [0.15, 0.2) is 5.16 Å². The van der Waals surface area contributed by atoms with E-state index in [9.17, 15) is 9.59 Å². The monoisotopic (exact) mass is 517 g/mol. The molecule has 1 aromatic heterocycles. The first-order valence-electron chi connectivity index (χ1n) is 9.91. The molecule has 0 unspecified atom stereocenters. The molecule has 4 aromatic rings. The molecule has 4 rings (SSSR count). The van der Waals surface area contributed by atoms with Crippen LogP contribution in [-0.4, -0.2) is 21.2 Å². The highest BCUT2D eigenvalue weighted by molar-refractivity contribution is 7.99. The van der Waals surface area contributed by atoms with Crippen LogP contribution in [0.3, 0.4) is 0 Å². The van der Waals surface area contributed by atoms with Crippen LogP contribution in [0.4, 0.5) is 5.69 Å². The number of halogens is 3. The van der Waals surface area contributed by atoms with E-state index in [4.69, 9.17) is 34.8 Å². The maximum Gasteiger partial charge on any atom is 0.266 e. The number of carbonyl (C=O) groups excluding carboxylic acids is 1. The first kappa shape index (κ1) is 23.6. The minimum Gasteiger partial charge on any atom is -0.324 e. The number of carbonyl (C=O) groups is 1. The minimum absolute atomic E-state index is 0.00615. The van der Waals surface area contributed by atoms with Gasteiger partial charge in [-0.3, -0.25) is 14.2 Å². The van der Waals surface area contributed by atoms with E-state index < -0.39 is 0 Å². The predicted molar refractivity (Wildman–Crippen MR) is 138 cm³/mol. The highest BCUT2D eigenvalue weighted by atomic mass is 35.5. The number of aromatic nitrogens is 2. The number of nitrogens with one attached hydrogen (secondary N) is 1. The smallest absolute Gasteiger partial charge is 0.266 e. The molecule has 0 saturated heterocycles. The first-order valence-corrected chi connectivity index (χ1v) is 12.0. The average molecular weight is 519 g/mol. The topological polar surface area (TPSA) is 64.0 Å². The number of hydrogen-bond donors (Lipinski definition) is 1. The number of thioether (sulfide) groups is 1. The Morgan fingerprint density at radius 1 is 0.970 bits per heavy atom. The van der Waals surface area contributed by atoms with E-state index in [1.54, 1.807) is 22.8 Å². The second-order valence-electron chi connectivity index (χ2n) is 7.40. The summed E-state index contributed by atoms with van der Waals surface area (Å²) in [6.45, 7) is 3.99. The van der Waals surface area contributed by atoms with Crippen LogP contribution >= 0.6 is 46.6 Å². The van der Waals surface area contributed by atoms with Crippen molar-refractivity contribution >= 4 is 69.1 Å². The van der Waals surface area contributed by atoms with Crippen LogP contribution in [0.2, 0.25) is 15.1 Å². The molecular formula is C24H18Cl3N3O2S. The summed E-state index contributed by atoms with van der Waals surface area (Å²) in [7, 11) is 0. The lowest BCUT2D eigenvalue weighted by Crippen LogP contribution is -2.23. The van der Waals surface area contributed by atoms with Gasteiger partial charge in [0.2, 0.25) is 5.91 Å². The molecule has 1 amide bonds. The number of amides is 1. The number of nitrogens with zero attached hydrogens (tertiary/aromatic N) is 2. The van der Waals surface area contributed by atoms with Crippen LogP contribution in [0.1, 0.15) is 11.1 Å². The molecule has 1 heterocycles. The maximum atomic E-state index is 13.4. The summed E-state index contributed by atoms with van der Waals surface area (Å²) in [5, 5.41) is 4.50. The largest absolute Gasteiger partial charge is 0.324 e. The Bertz CT molecular complexity index is 1450. The molecule has 33 heavy (non-hydrogen) atoms. The standard InChI is InChI=1S/C24H18Cl3N3O2S/c1-13-7-8-15(9-14(13)2)30-23(32)16-5-3-4-6-20(16)29-24(30)33-12-22(31)28-21-11-18(26)17(25)10-19(21)27/h3-11H,12H2,1-2H3,(H,28,31). The molecule has 1 N–H and O–H groups in total. The Hall–Kier alpha value is -2.51. The van der Waals surface area contributed by atoms with Gasteiger partial charge in [-0.25, -0.2) is 4.98 Å². The first-order chi connectivity index (χ1) is 15.7. The summed E-state index contributed by atoms with van der Waals surface area (Å²) in [5.74, 6) is -0.319. The molecule has 0 aliphatic heterocycles. The van der Waals surface area contributed by atoms with Gasteiger partial charge in [-0.1, -0.05) is 64.8 Å². The summed E-state index contributed by atoms with van der Waals surface area (Å²) in [5.41, 5.74) is 3.59. The zero-order valence-electron chi connectivity index (χ0n) is 17.7. The molecule has 0 bridgehead atoms. The average Bonchev–Trinajstić information content (AvgIpc) is 2.78. The van der Waals surface area contributed by atoms with Crippen molar-refractivity contribution < 1.29 is 4.79 Å². The van der Waals surface area contributed by atoms with Gasteiger partial charge in [-0.15, -0.1) is 0 Å². The Kier molecular flexibility index (Phi) is 7.00. The van der Waals surface area contributed by atoms with Gasteiger partial charge in [-0.2, -0.15) is 0 Å². The number of aryl methyl sites for hydroxylation is 2. The second-order valence-corrected chi connectivity index (χ2v) is 9.57. The molecule has 0 aliphatic carbocycles. The molecule has 0 saturated carbocycles. The number of para-hydroxylation sites is 1. The summed E-state index contributed by atoms with van der Waals surface area (Å²) in [6.07, 6.45) is 0. The van der Waals surface area contributed by atoms with E-state index in [1.165, 1.54) is 12.1 Å². The van der Waals surface area contributed by atoms with E-state index in [0.717, 1.165) is 22.9 Å². The molecular weight excluding hydrogens is 501 g/mol. The van der Waals surface area contributed by atoms with Crippen molar-refractivity contribution in [2.75, 3.05) is 11.1 Å². The van der Waals surface area contributed by atoms with Crippen molar-refractivity contribution in [1.29, 1.82) is 0 Å². The van der Waals surface area contributed by atoms with E-state index >= 15 is 0 Å². The van der Waals surface area contributed by atoms with E-state index in [1.807, 2.05) is 38.1 Å². The van der Waals surface area contributed by atoms with E-state index in [0.29, 0.717) is 32.5 Å². The van der Waals surface area contributed by atoms with E-state index in [2.05, 4.69) is 10.3 Å². The Balaban J connectivity index is 1.68. The molecule has 168 valence electrons. The molecule has 0 fully saturated rings. The second kappa shape index (κ2) is 9.77.